The van der Waals surface area contributed by atoms with E-state index in [4.69, 9.17) is 11.6 Å². The zero-order valence-corrected chi connectivity index (χ0v) is 13.7. The van der Waals surface area contributed by atoms with Gasteiger partial charge in [-0.3, -0.25) is 4.68 Å². The zero-order valence-electron chi connectivity index (χ0n) is 12.9. The van der Waals surface area contributed by atoms with Crippen LogP contribution in [0.4, 0.5) is 0 Å². The maximum absolute atomic E-state index is 6.42. The molecule has 0 radical (unpaired) electrons. The van der Waals surface area contributed by atoms with E-state index in [-0.39, 0.29) is 0 Å². The van der Waals surface area contributed by atoms with Crippen LogP contribution in [0.3, 0.4) is 0 Å². The van der Waals surface area contributed by atoms with Crippen molar-refractivity contribution in [2.75, 3.05) is 27.7 Å². The highest BCUT2D eigenvalue weighted by atomic mass is 35.5. The van der Waals surface area contributed by atoms with Crippen LogP contribution in [0.1, 0.15) is 43.8 Å². The van der Waals surface area contributed by atoms with Gasteiger partial charge >= 0.3 is 0 Å². The fraction of sp³-hybridized carbons (Fsp3) is 0.800. The molecule has 0 aromatic carbocycles. The van der Waals surface area contributed by atoms with Crippen LogP contribution in [0.25, 0.3) is 0 Å². The quantitative estimate of drug-likeness (QED) is 0.876. The molecule has 1 N–H and O–H groups in total. The molecule has 1 aliphatic carbocycles. The topological polar surface area (TPSA) is 33.1 Å². The number of nitrogens with one attached hydrogen (secondary N) is 1. The maximum atomic E-state index is 6.42. The molecule has 0 saturated heterocycles. The van der Waals surface area contributed by atoms with E-state index in [1.165, 1.54) is 37.8 Å². The van der Waals surface area contributed by atoms with Gasteiger partial charge in [0.1, 0.15) is 0 Å². The second-order valence-corrected chi connectivity index (χ2v) is 6.48. The van der Waals surface area contributed by atoms with Crippen LogP contribution in [0.5, 0.6) is 0 Å². The normalized spacial score (nSPS) is 18.6. The van der Waals surface area contributed by atoms with Crippen molar-refractivity contribution >= 4 is 11.6 Å². The van der Waals surface area contributed by atoms with Gasteiger partial charge in [0.25, 0.3) is 0 Å². The predicted molar refractivity (Wildman–Crippen MR) is 84.2 cm³/mol. The number of halogens is 1. The summed E-state index contributed by atoms with van der Waals surface area (Å²) in [5, 5.41) is 8.75. The van der Waals surface area contributed by atoms with E-state index >= 15 is 0 Å². The lowest BCUT2D eigenvalue weighted by molar-refractivity contribution is 0.267. The first-order valence-corrected chi connectivity index (χ1v) is 8.04. The Balaban J connectivity index is 2.17. The summed E-state index contributed by atoms with van der Waals surface area (Å²) in [6.07, 6.45) is 8.43. The molecule has 1 aromatic heterocycles. The van der Waals surface area contributed by atoms with Crippen molar-refractivity contribution in [3.05, 3.63) is 16.9 Å². The van der Waals surface area contributed by atoms with E-state index in [0.717, 1.165) is 18.1 Å². The molecule has 4 nitrogen and oxygen atoms in total. The summed E-state index contributed by atoms with van der Waals surface area (Å²) >= 11 is 6.42. The minimum atomic E-state index is 0.326. The van der Waals surface area contributed by atoms with Crippen molar-refractivity contribution < 1.29 is 0 Å². The number of hydrogen-bond acceptors (Lipinski definition) is 3. The molecule has 114 valence electrons. The van der Waals surface area contributed by atoms with Crippen molar-refractivity contribution in [3.8, 4) is 0 Å². The van der Waals surface area contributed by atoms with E-state index in [2.05, 4.69) is 34.1 Å². The van der Waals surface area contributed by atoms with Crippen LogP contribution in [0.15, 0.2) is 6.20 Å². The zero-order chi connectivity index (χ0) is 14.5. The Hall–Kier alpha value is -0.580. The minimum Gasteiger partial charge on any atom is -0.311 e. The monoisotopic (exact) mass is 298 g/mol. The fourth-order valence-corrected chi connectivity index (χ4v) is 3.48. The molecule has 0 bridgehead atoms. The number of nitrogens with zero attached hydrogens (tertiary/aromatic N) is 3. The molecule has 0 aliphatic heterocycles. The number of aromatic nitrogens is 2. The Bertz CT molecular complexity index is 410. The standard InChI is InChI=1S/C15H27ClN4/c1-17-14(12-7-5-4-6-8-12)15-13(16)11-18-20(15)10-9-19(2)3/h11-12,14,17H,4-10H2,1-3H3. The first kappa shape index (κ1) is 15.8. The highest BCUT2D eigenvalue weighted by molar-refractivity contribution is 6.31. The number of hydrogen-bond donors (Lipinski definition) is 1. The number of likely N-dealkylation sites (N-methyl/N-ethyl adjacent to an activating group) is 1. The Labute approximate surface area is 127 Å². The lowest BCUT2D eigenvalue weighted by Gasteiger charge is -2.31. The summed E-state index contributed by atoms with van der Waals surface area (Å²) in [6, 6.07) is 0.326. The smallest absolute Gasteiger partial charge is 0.0834 e. The van der Waals surface area contributed by atoms with Crippen LogP contribution in [-0.2, 0) is 6.54 Å². The van der Waals surface area contributed by atoms with Gasteiger partial charge in [-0.05, 0) is 39.9 Å². The highest BCUT2D eigenvalue weighted by Gasteiger charge is 2.28. The summed E-state index contributed by atoms with van der Waals surface area (Å²) in [6.45, 7) is 1.87. The van der Waals surface area contributed by atoms with Crippen molar-refractivity contribution in [1.29, 1.82) is 0 Å². The van der Waals surface area contributed by atoms with Gasteiger partial charge in [0.15, 0.2) is 0 Å². The van der Waals surface area contributed by atoms with Crippen LogP contribution >= 0.6 is 11.6 Å². The van der Waals surface area contributed by atoms with Gasteiger partial charge in [0, 0.05) is 6.54 Å². The third-order valence-electron chi connectivity index (χ3n) is 4.32. The Morgan fingerprint density at radius 2 is 2.10 bits per heavy atom. The van der Waals surface area contributed by atoms with Crippen molar-refractivity contribution in [2.45, 2.75) is 44.7 Å². The minimum absolute atomic E-state index is 0.326. The molecule has 1 unspecified atom stereocenters. The second kappa shape index (κ2) is 7.43. The highest BCUT2D eigenvalue weighted by Crippen LogP contribution is 2.36. The molecule has 1 aliphatic rings. The molecule has 2 rings (SSSR count). The summed E-state index contributed by atoms with van der Waals surface area (Å²) in [5.74, 6) is 0.682. The molecule has 0 amide bonds. The van der Waals surface area contributed by atoms with E-state index < -0.39 is 0 Å². The van der Waals surface area contributed by atoms with Gasteiger partial charge in [-0.1, -0.05) is 30.9 Å². The van der Waals surface area contributed by atoms with Crippen LogP contribution in [0, 0.1) is 5.92 Å². The van der Waals surface area contributed by atoms with Crippen LogP contribution in [0.2, 0.25) is 5.02 Å². The third-order valence-corrected chi connectivity index (χ3v) is 4.61. The van der Waals surface area contributed by atoms with Gasteiger partial charge < -0.3 is 10.2 Å². The molecular formula is C15H27ClN4. The average Bonchev–Trinajstić information content (AvgIpc) is 2.80. The summed E-state index contributed by atoms with van der Waals surface area (Å²) in [5.41, 5.74) is 1.17. The molecule has 5 heteroatoms. The lowest BCUT2D eigenvalue weighted by Crippen LogP contribution is -2.30. The fourth-order valence-electron chi connectivity index (χ4n) is 3.22. The van der Waals surface area contributed by atoms with Gasteiger partial charge in [-0.25, -0.2) is 0 Å². The maximum Gasteiger partial charge on any atom is 0.0834 e. The van der Waals surface area contributed by atoms with Crippen LogP contribution < -0.4 is 5.32 Å². The van der Waals surface area contributed by atoms with E-state index in [9.17, 15) is 0 Å². The summed E-state index contributed by atoms with van der Waals surface area (Å²) < 4.78 is 2.08. The number of rotatable bonds is 6. The van der Waals surface area contributed by atoms with Crippen molar-refractivity contribution in [1.82, 2.24) is 20.0 Å². The molecule has 1 aromatic rings. The van der Waals surface area contributed by atoms with Crippen molar-refractivity contribution in [2.24, 2.45) is 5.92 Å². The first-order valence-electron chi connectivity index (χ1n) is 7.66. The molecule has 20 heavy (non-hydrogen) atoms. The second-order valence-electron chi connectivity index (χ2n) is 6.07. The van der Waals surface area contributed by atoms with Gasteiger partial charge in [-0.2, -0.15) is 5.10 Å². The van der Waals surface area contributed by atoms with E-state index in [1.807, 2.05) is 7.05 Å². The Morgan fingerprint density at radius 1 is 1.40 bits per heavy atom. The molecule has 0 spiro atoms. The Kier molecular flexibility index (Phi) is 5.87. The third kappa shape index (κ3) is 3.74. The molecule has 1 saturated carbocycles. The molecule has 1 heterocycles. The summed E-state index contributed by atoms with van der Waals surface area (Å²) in [7, 11) is 6.21. The molecule has 1 fully saturated rings. The average molecular weight is 299 g/mol. The van der Waals surface area contributed by atoms with Gasteiger partial charge in [0.2, 0.25) is 0 Å². The van der Waals surface area contributed by atoms with E-state index in [0.29, 0.717) is 12.0 Å². The van der Waals surface area contributed by atoms with Crippen molar-refractivity contribution in [3.63, 3.8) is 0 Å². The summed E-state index contributed by atoms with van der Waals surface area (Å²) in [4.78, 5) is 2.17. The van der Waals surface area contributed by atoms with E-state index in [1.54, 1.807) is 6.20 Å². The predicted octanol–water partition coefficient (Wildman–Crippen LogP) is 2.94. The largest absolute Gasteiger partial charge is 0.311 e. The van der Waals surface area contributed by atoms with Gasteiger partial charge in [-0.15, -0.1) is 0 Å². The Morgan fingerprint density at radius 3 is 2.70 bits per heavy atom. The van der Waals surface area contributed by atoms with Crippen LogP contribution in [-0.4, -0.2) is 42.4 Å². The first-order chi connectivity index (χ1) is 9.63. The SMILES string of the molecule is CNC(c1c(Cl)cnn1CCN(C)C)C1CCCCC1. The van der Waals surface area contributed by atoms with Gasteiger partial charge in [0.05, 0.1) is 29.5 Å². The molecular weight excluding hydrogens is 272 g/mol. The lowest BCUT2D eigenvalue weighted by atomic mass is 9.82. The molecule has 1 atom stereocenters.